The molecule has 1 aliphatic rings. The van der Waals surface area contributed by atoms with Crippen LogP contribution in [0.4, 0.5) is 5.13 Å². The lowest BCUT2D eigenvalue weighted by molar-refractivity contribution is -0.132. The number of anilines is 1. The third-order valence-corrected chi connectivity index (χ3v) is 8.68. The number of aliphatic hydroxyl groups excluding tert-OH is 1. The van der Waals surface area contributed by atoms with Crippen LogP contribution < -0.4 is 14.4 Å². The van der Waals surface area contributed by atoms with Crippen LogP contribution in [0.15, 0.2) is 88.8 Å². The Hall–Kier alpha value is -4.15. The maximum absolute atomic E-state index is 13.5. The fourth-order valence-corrected chi connectivity index (χ4v) is 6.26. The molecule has 1 aromatic heterocycles. The molecule has 2 heterocycles. The van der Waals surface area contributed by atoms with Gasteiger partial charge in [-0.25, -0.2) is 0 Å². The van der Waals surface area contributed by atoms with Crippen molar-refractivity contribution in [3.63, 3.8) is 0 Å². The molecule has 0 saturated carbocycles. The number of benzene rings is 3. The molecule has 4 aromatic rings. The SMILES string of the molecule is CCCCOc1cccc(C2/C(=C(\O)c3ccc(OC)cc3)C(=O)C(=O)N2c2nnc(SCc3ccccc3)s2)c1. The summed E-state index contributed by atoms with van der Waals surface area (Å²) >= 11 is 2.73. The number of nitrogens with zero attached hydrogens (tertiary/aromatic N) is 3. The Morgan fingerprint density at radius 2 is 1.78 bits per heavy atom. The molecule has 210 valence electrons. The number of amides is 1. The van der Waals surface area contributed by atoms with Crippen LogP contribution in [0.25, 0.3) is 5.76 Å². The Morgan fingerprint density at radius 1 is 1.00 bits per heavy atom. The molecule has 3 aromatic carbocycles. The van der Waals surface area contributed by atoms with E-state index < -0.39 is 17.7 Å². The maximum atomic E-state index is 13.5. The van der Waals surface area contributed by atoms with Crippen LogP contribution in [0.5, 0.6) is 11.5 Å². The van der Waals surface area contributed by atoms with E-state index in [-0.39, 0.29) is 16.5 Å². The first kappa shape index (κ1) is 28.4. The highest BCUT2D eigenvalue weighted by Gasteiger charge is 2.48. The van der Waals surface area contributed by atoms with Crippen LogP contribution in [0.3, 0.4) is 0 Å². The van der Waals surface area contributed by atoms with Gasteiger partial charge in [0.2, 0.25) is 5.13 Å². The van der Waals surface area contributed by atoms with Crippen molar-refractivity contribution in [2.45, 2.75) is 35.9 Å². The Morgan fingerprint density at radius 3 is 2.51 bits per heavy atom. The van der Waals surface area contributed by atoms with E-state index in [1.807, 2.05) is 48.5 Å². The van der Waals surface area contributed by atoms with Crippen molar-refractivity contribution in [3.8, 4) is 11.5 Å². The summed E-state index contributed by atoms with van der Waals surface area (Å²) in [4.78, 5) is 28.4. The Bertz CT molecular complexity index is 1550. The molecule has 1 fully saturated rings. The van der Waals surface area contributed by atoms with Gasteiger partial charge in [0.1, 0.15) is 17.3 Å². The molecular weight excluding hydrogens is 558 g/mol. The first-order valence-corrected chi connectivity index (χ1v) is 15.0. The highest BCUT2D eigenvalue weighted by Crippen LogP contribution is 2.44. The van der Waals surface area contributed by atoms with Crippen LogP contribution in [0.2, 0.25) is 0 Å². The lowest BCUT2D eigenvalue weighted by atomic mass is 9.95. The lowest BCUT2D eigenvalue weighted by Gasteiger charge is -2.23. The number of aliphatic hydroxyl groups is 1. The van der Waals surface area contributed by atoms with Gasteiger partial charge in [0.05, 0.1) is 25.3 Å². The normalized spacial score (nSPS) is 16.2. The number of rotatable bonds is 11. The Kier molecular flexibility index (Phi) is 9.01. The summed E-state index contributed by atoms with van der Waals surface area (Å²) in [6.07, 6.45) is 1.89. The number of aromatic nitrogens is 2. The van der Waals surface area contributed by atoms with Crippen molar-refractivity contribution >= 4 is 45.7 Å². The number of ether oxygens (including phenoxy) is 2. The summed E-state index contributed by atoms with van der Waals surface area (Å²) < 4.78 is 11.8. The molecule has 10 heteroatoms. The van der Waals surface area contributed by atoms with Crippen molar-refractivity contribution in [3.05, 3.63) is 101 Å². The second kappa shape index (κ2) is 13.0. The third kappa shape index (κ3) is 6.28. The van der Waals surface area contributed by atoms with Crippen molar-refractivity contribution in [1.82, 2.24) is 10.2 Å². The molecule has 1 saturated heterocycles. The van der Waals surface area contributed by atoms with Gasteiger partial charge in [0.15, 0.2) is 4.34 Å². The molecule has 0 bridgehead atoms. The fraction of sp³-hybridized carbons (Fsp3) is 0.226. The van der Waals surface area contributed by atoms with Gasteiger partial charge >= 0.3 is 5.91 Å². The molecule has 1 amide bonds. The predicted octanol–water partition coefficient (Wildman–Crippen LogP) is 6.64. The molecule has 1 N–H and O–H groups in total. The van der Waals surface area contributed by atoms with Gasteiger partial charge in [-0.3, -0.25) is 14.5 Å². The number of carbonyl (C=O) groups is 2. The van der Waals surface area contributed by atoms with Crippen LogP contribution in [-0.4, -0.2) is 40.7 Å². The number of hydrogen-bond donors (Lipinski definition) is 1. The summed E-state index contributed by atoms with van der Waals surface area (Å²) in [5.41, 5.74) is 2.11. The number of carbonyl (C=O) groups excluding carboxylic acids is 2. The van der Waals surface area contributed by atoms with Gasteiger partial charge in [0, 0.05) is 11.3 Å². The zero-order valence-corrected chi connectivity index (χ0v) is 24.3. The molecule has 0 spiro atoms. The molecular formula is C31H29N3O5S2. The van der Waals surface area contributed by atoms with Crippen LogP contribution >= 0.6 is 23.1 Å². The van der Waals surface area contributed by atoms with E-state index in [9.17, 15) is 14.7 Å². The first-order chi connectivity index (χ1) is 20.0. The van der Waals surface area contributed by atoms with E-state index in [1.165, 1.54) is 28.0 Å². The summed E-state index contributed by atoms with van der Waals surface area (Å²) in [7, 11) is 1.55. The van der Waals surface area contributed by atoms with Gasteiger partial charge in [-0.05, 0) is 53.9 Å². The summed E-state index contributed by atoms with van der Waals surface area (Å²) in [6, 6.07) is 23.0. The predicted molar refractivity (Wildman–Crippen MR) is 161 cm³/mol. The molecule has 1 aliphatic heterocycles. The number of unbranched alkanes of at least 4 members (excludes halogenated alkanes) is 1. The molecule has 5 rings (SSSR count). The van der Waals surface area contributed by atoms with Crippen molar-refractivity contribution < 1.29 is 24.2 Å². The average Bonchev–Trinajstić information content (AvgIpc) is 3.58. The van der Waals surface area contributed by atoms with Crippen LogP contribution in [0, 0.1) is 0 Å². The molecule has 0 radical (unpaired) electrons. The van der Waals surface area contributed by atoms with Crippen LogP contribution in [0.1, 0.15) is 42.5 Å². The minimum absolute atomic E-state index is 0.0282. The molecule has 0 aliphatic carbocycles. The largest absolute Gasteiger partial charge is 0.507 e. The van der Waals surface area contributed by atoms with E-state index in [2.05, 4.69) is 17.1 Å². The highest BCUT2D eigenvalue weighted by atomic mass is 32.2. The van der Waals surface area contributed by atoms with E-state index >= 15 is 0 Å². The van der Waals surface area contributed by atoms with Gasteiger partial charge < -0.3 is 14.6 Å². The monoisotopic (exact) mass is 587 g/mol. The summed E-state index contributed by atoms with van der Waals surface area (Å²) in [5, 5.41) is 20.3. The minimum atomic E-state index is -0.924. The number of hydrogen-bond acceptors (Lipinski definition) is 9. The maximum Gasteiger partial charge on any atom is 0.301 e. The summed E-state index contributed by atoms with van der Waals surface area (Å²) in [5.74, 6) is 0.0467. The van der Waals surface area contributed by atoms with Gasteiger partial charge in [-0.15, -0.1) is 10.2 Å². The zero-order valence-electron chi connectivity index (χ0n) is 22.6. The van der Waals surface area contributed by atoms with E-state index in [0.29, 0.717) is 39.3 Å². The second-order valence-corrected chi connectivity index (χ2v) is 11.5. The topological polar surface area (TPSA) is 102 Å². The third-order valence-electron chi connectivity index (χ3n) is 6.56. The van der Waals surface area contributed by atoms with Gasteiger partial charge in [-0.1, -0.05) is 78.9 Å². The second-order valence-electron chi connectivity index (χ2n) is 9.30. The van der Waals surface area contributed by atoms with Crippen molar-refractivity contribution in [2.75, 3.05) is 18.6 Å². The minimum Gasteiger partial charge on any atom is -0.507 e. The molecule has 1 unspecified atom stereocenters. The van der Waals surface area contributed by atoms with E-state index in [4.69, 9.17) is 9.47 Å². The van der Waals surface area contributed by atoms with Crippen molar-refractivity contribution in [1.29, 1.82) is 0 Å². The first-order valence-electron chi connectivity index (χ1n) is 13.2. The van der Waals surface area contributed by atoms with Gasteiger partial charge in [-0.2, -0.15) is 0 Å². The van der Waals surface area contributed by atoms with E-state index in [1.54, 1.807) is 37.4 Å². The standard InChI is InChI=1S/C31H29N3O5S2/c1-3-4-17-39-24-12-8-11-22(18-24)26-25(27(35)21-13-15-23(38-2)16-14-21)28(36)29(37)34(26)30-32-33-31(41-30)40-19-20-9-6-5-7-10-20/h5-16,18,26,35H,3-4,17,19H2,1-2H3/b27-25+. The number of thioether (sulfide) groups is 1. The average molecular weight is 588 g/mol. The van der Waals surface area contributed by atoms with Crippen molar-refractivity contribution in [2.24, 2.45) is 0 Å². The lowest BCUT2D eigenvalue weighted by Crippen LogP contribution is -2.29. The number of ketones is 1. The molecule has 1 atom stereocenters. The smallest absolute Gasteiger partial charge is 0.301 e. The number of methoxy groups -OCH3 is 1. The Labute approximate surface area is 246 Å². The van der Waals surface area contributed by atoms with Crippen LogP contribution in [-0.2, 0) is 15.3 Å². The number of Topliss-reactive ketones (excluding diaryl/α,β-unsaturated/α-hetero) is 1. The van der Waals surface area contributed by atoms with Gasteiger partial charge in [0.25, 0.3) is 5.78 Å². The fourth-order valence-electron chi connectivity index (χ4n) is 4.44. The Balaban J connectivity index is 1.54. The quantitative estimate of drug-likeness (QED) is 0.0520. The highest BCUT2D eigenvalue weighted by molar-refractivity contribution is 8.00. The molecule has 8 nitrogen and oxygen atoms in total. The molecule has 41 heavy (non-hydrogen) atoms. The summed E-state index contributed by atoms with van der Waals surface area (Å²) in [6.45, 7) is 2.63. The van der Waals surface area contributed by atoms with E-state index in [0.717, 1.165) is 18.4 Å². The zero-order chi connectivity index (χ0) is 28.8.